The topological polar surface area (TPSA) is 17.3 Å². The van der Waals surface area contributed by atoms with Crippen LogP contribution in [0.15, 0.2) is 94.0 Å². The molecule has 0 aliphatic heterocycles. The van der Waals surface area contributed by atoms with Gasteiger partial charge in [0.1, 0.15) is 0 Å². The summed E-state index contributed by atoms with van der Waals surface area (Å²) in [5, 5.41) is 0. The highest BCUT2D eigenvalue weighted by Crippen LogP contribution is 2.35. The van der Waals surface area contributed by atoms with Gasteiger partial charge in [-0.2, -0.15) is 0 Å². The van der Waals surface area contributed by atoms with Crippen LogP contribution < -0.4 is 0 Å². The van der Waals surface area contributed by atoms with Crippen molar-refractivity contribution in [3.8, 4) is 22.4 Å². The molecule has 0 radical (unpaired) electrons. The Morgan fingerprint density at radius 2 is 1.30 bits per heavy atom. The van der Waals surface area contributed by atoms with Crippen molar-refractivity contribution < 1.29 is 0 Å². The molecule has 0 amide bonds. The van der Waals surface area contributed by atoms with Gasteiger partial charge >= 0.3 is 0 Å². The van der Waals surface area contributed by atoms with Crippen LogP contribution in [0, 0.1) is 0 Å². The van der Waals surface area contributed by atoms with Gasteiger partial charge in [-0.1, -0.05) is 68.3 Å². The molecule has 27 heavy (non-hydrogen) atoms. The Hall–Kier alpha value is -2.43. The Morgan fingerprint density at radius 3 is 2.00 bits per heavy atom. The van der Waals surface area contributed by atoms with E-state index in [1.165, 1.54) is 16.7 Å². The summed E-state index contributed by atoms with van der Waals surface area (Å²) in [6.07, 6.45) is 1.97. The third-order valence-corrected chi connectivity index (χ3v) is 5.84. The van der Waals surface area contributed by atoms with E-state index in [2.05, 4.69) is 109 Å². The van der Waals surface area contributed by atoms with Crippen molar-refractivity contribution in [2.45, 2.75) is 0 Å². The summed E-state index contributed by atoms with van der Waals surface area (Å²) < 4.78 is 4.46. The Kier molecular flexibility index (Phi) is 4.10. The first-order chi connectivity index (χ1) is 13.2. The normalized spacial score (nSPS) is 11.3. The minimum Gasteiger partial charge on any atom is -0.306 e. The summed E-state index contributed by atoms with van der Waals surface area (Å²) in [6, 6.07) is 27.4. The molecule has 5 rings (SSSR count). The Morgan fingerprint density at radius 1 is 0.667 bits per heavy atom. The van der Waals surface area contributed by atoms with Crippen LogP contribution in [0.2, 0.25) is 0 Å². The molecule has 2 nitrogen and oxygen atoms in total. The van der Waals surface area contributed by atoms with Gasteiger partial charge in [-0.3, -0.25) is 4.98 Å². The van der Waals surface area contributed by atoms with Gasteiger partial charge in [-0.25, -0.2) is 0 Å². The third-order valence-electron chi connectivity index (χ3n) is 4.78. The van der Waals surface area contributed by atoms with E-state index in [4.69, 9.17) is 4.98 Å². The van der Waals surface area contributed by atoms with E-state index in [-0.39, 0.29) is 0 Å². The fourth-order valence-electron chi connectivity index (χ4n) is 3.50. The van der Waals surface area contributed by atoms with Gasteiger partial charge in [0.15, 0.2) is 0 Å². The molecule has 0 aliphatic rings. The summed E-state index contributed by atoms with van der Waals surface area (Å²) in [7, 11) is 0. The van der Waals surface area contributed by atoms with Crippen LogP contribution in [0.1, 0.15) is 0 Å². The van der Waals surface area contributed by atoms with Crippen LogP contribution >= 0.6 is 31.9 Å². The van der Waals surface area contributed by atoms with Crippen LogP contribution in [0.4, 0.5) is 0 Å². The Bertz CT molecular complexity index is 1270. The maximum atomic E-state index is 4.70. The van der Waals surface area contributed by atoms with E-state index in [0.717, 1.165) is 31.2 Å². The van der Waals surface area contributed by atoms with Gasteiger partial charge in [0.25, 0.3) is 0 Å². The van der Waals surface area contributed by atoms with Crippen LogP contribution in [0.25, 0.3) is 38.9 Å². The monoisotopic (exact) mass is 476 g/mol. The summed E-state index contributed by atoms with van der Waals surface area (Å²) in [5.74, 6) is 0. The van der Waals surface area contributed by atoms with Crippen molar-refractivity contribution in [2.24, 2.45) is 0 Å². The quantitative estimate of drug-likeness (QED) is 0.260. The maximum absolute atomic E-state index is 4.70. The fraction of sp³-hybridized carbons (Fsp3) is 0. The van der Waals surface area contributed by atoms with E-state index in [9.17, 15) is 0 Å². The number of aromatic nitrogens is 2. The molecule has 0 unspecified atom stereocenters. The Labute approximate surface area is 173 Å². The summed E-state index contributed by atoms with van der Waals surface area (Å²) in [6.45, 7) is 0. The molecule has 0 spiro atoms. The van der Waals surface area contributed by atoms with Gasteiger partial charge < -0.3 is 4.40 Å². The zero-order valence-corrected chi connectivity index (χ0v) is 17.4. The number of hydrogen-bond acceptors (Lipinski definition) is 1. The van der Waals surface area contributed by atoms with Gasteiger partial charge in [0.2, 0.25) is 0 Å². The molecule has 0 saturated carbocycles. The minimum atomic E-state index is 0.987. The second kappa shape index (κ2) is 6.63. The molecule has 0 aliphatic carbocycles. The van der Waals surface area contributed by atoms with Crippen molar-refractivity contribution in [3.05, 3.63) is 94.0 Å². The number of para-hydroxylation sites is 2. The van der Waals surface area contributed by atoms with Gasteiger partial charge in [0.05, 0.1) is 28.4 Å². The molecule has 0 fully saturated rings. The second-order valence-corrected chi connectivity index (χ2v) is 8.26. The maximum Gasteiger partial charge on any atom is 0.0871 e. The van der Waals surface area contributed by atoms with E-state index >= 15 is 0 Å². The summed E-state index contributed by atoms with van der Waals surface area (Å²) in [4.78, 5) is 4.70. The third kappa shape index (κ3) is 2.89. The van der Waals surface area contributed by atoms with Crippen LogP contribution in [0.5, 0.6) is 0 Å². The number of nitrogens with zero attached hydrogens (tertiary/aromatic N) is 2. The predicted molar refractivity (Wildman–Crippen MR) is 119 cm³/mol. The molecule has 0 atom stereocenters. The summed E-state index contributed by atoms with van der Waals surface area (Å²) in [5.41, 5.74) is 7.89. The first kappa shape index (κ1) is 16.7. The van der Waals surface area contributed by atoms with E-state index in [1.54, 1.807) is 0 Å². The largest absolute Gasteiger partial charge is 0.306 e. The molecule has 2 heterocycles. The smallest absolute Gasteiger partial charge is 0.0871 e. The molecule has 4 heteroatoms. The average molecular weight is 478 g/mol. The molecule has 0 bridgehead atoms. The first-order valence-corrected chi connectivity index (χ1v) is 10.2. The van der Waals surface area contributed by atoms with Crippen molar-refractivity contribution in [1.29, 1.82) is 0 Å². The fourth-order valence-corrected chi connectivity index (χ4v) is 4.03. The van der Waals surface area contributed by atoms with Crippen molar-refractivity contribution in [3.63, 3.8) is 0 Å². The molecule has 0 N–H and O–H groups in total. The SMILES string of the molecule is Brc1ccc(-c2cc(-c3ccc(Br)cc3)n3c2cnc2ccccc23)cc1. The van der Waals surface area contributed by atoms with Crippen LogP contribution in [0.3, 0.4) is 0 Å². The highest BCUT2D eigenvalue weighted by molar-refractivity contribution is 9.10. The van der Waals surface area contributed by atoms with E-state index < -0.39 is 0 Å². The Balaban J connectivity index is 1.88. The lowest BCUT2D eigenvalue weighted by atomic mass is 10.1. The number of hydrogen-bond donors (Lipinski definition) is 0. The lowest BCUT2D eigenvalue weighted by Gasteiger charge is -2.08. The zero-order valence-electron chi connectivity index (χ0n) is 14.2. The minimum absolute atomic E-state index is 0.987. The lowest BCUT2D eigenvalue weighted by molar-refractivity contribution is 1.23. The standard InChI is InChI=1S/C23H14Br2N2/c24-17-9-5-15(6-10-17)19-13-22(16-7-11-18(25)12-8-16)27-21-4-2-1-3-20(21)26-14-23(19)27/h1-14H. The van der Waals surface area contributed by atoms with Crippen LogP contribution in [-0.2, 0) is 0 Å². The van der Waals surface area contributed by atoms with Crippen molar-refractivity contribution in [1.82, 2.24) is 9.38 Å². The van der Waals surface area contributed by atoms with Crippen molar-refractivity contribution >= 4 is 48.4 Å². The van der Waals surface area contributed by atoms with E-state index in [1.807, 2.05) is 12.3 Å². The van der Waals surface area contributed by atoms with Crippen molar-refractivity contribution in [2.75, 3.05) is 0 Å². The molecule has 2 aromatic heterocycles. The number of rotatable bonds is 2. The van der Waals surface area contributed by atoms with Gasteiger partial charge in [-0.15, -0.1) is 0 Å². The molecule has 5 aromatic rings. The first-order valence-electron chi connectivity index (χ1n) is 8.62. The highest BCUT2D eigenvalue weighted by atomic mass is 79.9. The summed E-state index contributed by atoms with van der Waals surface area (Å²) >= 11 is 7.06. The number of halogens is 2. The average Bonchev–Trinajstić information content (AvgIpc) is 3.09. The second-order valence-electron chi connectivity index (χ2n) is 6.42. The molecular weight excluding hydrogens is 464 g/mol. The number of benzene rings is 3. The lowest BCUT2D eigenvalue weighted by Crippen LogP contribution is -1.93. The van der Waals surface area contributed by atoms with E-state index in [0.29, 0.717) is 0 Å². The van der Waals surface area contributed by atoms with Gasteiger partial charge in [-0.05, 0) is 53.6 Å². The zero-order chi connectivity index (χ0) is 18.4. The highest BCUT2D eigenvalue weighted by Gasteiger charge is 2.15. The molecule has 130 valence electrons. The number of fused-ring (bicyclic) bond motifs is 3. The van der Waals surface area contributed by atoms with Gasteiger partial charge in [0, 0.05) is 14.5 Å². The molecule has 0 saturated heterocycles. The predicted octanol–water partition coefficient (Wildman–Crippen LogP) is 7.35. The molecular formula is C23H14Br2N2. The van der Waals surface area contributed by atoms with Crippen LogP contribution in [-0.4, -0.2) is 9.38 Å². The molecule has 3 aromatic carbocycles.